The SMILES string of the molecule is CN(CC(=O)NNC1CCN(c2ccncc2)CC1)C(=O)OC(C)(C)C. The smallest absolute Gasteiger partial charge is 0.410 e. The van der Waals surface area contributed by atoms with E-state index >= 15 is 0 Å². The number of ether oxygens (including phenoxy) is 1. The molecule has 1 aliphatic rings. The second kappa shape index (κ2) is 8.84. The maximum atomic E-state index is 12.0. The quantitative estimate of drug-likeness (QED) is 0.772. The fraction of sp³-hybridized carbons (Fsp3) is 0.611. The standard InChI is InChI=1S/C18H29N5O3/c1-18(2,3)26-17(25)22(4)13-16(24)21-20-14-7-11-23(12-8-14)15-5-9-19-10-6-15/h5-6,9-10,14,20H,7-8,11-13H2,1-4H3,(H,21,24). The first kappa shape index (κ1) is 20.0. The zero-order valence-electron chi connectivity index (χ0n) is 16.0. The van der Waals surface area contributed by atoms with Crippen LogP contribution >= 0.6 is 0 Å². The number of likely N-dealkylation sites (N-methyl/N-ethyl adjacent to an activating group) is 1. The van der Waals surface area contributed by atoms with Crippen molar-refractivity contribution in [1.82, 2.24) is 20.7 Å². The average Bonchev–Trinajstić information content (AvgIpc) is 2.59. The van der Waals surface area contributed by atoms with Gasteiger partial charge in [-0.2, -0.15) is 0 Å². The highest BCUT2D eigenvalue weighted by Gasteiger charge is 2.22. The molecule has 0 unspecified atom stereocenters. The molecule has 2 amide bonds. The first-order valence-corrected chi connectivity index (χ1v) is 8.88. The Hall–Kier alpha value is -2.35. The van der Waals surface area contributed by atoms with Gasteiger partial charge >= 0.3 is 6.09 Å². The molecule has 1 saturated heterocycles. The fourth-order valence-electron chi connectivity index (χ4n) is 2.68. The molecule has 1 aromatic heterocycles. The molecule has 0 spiro atoms. The Labute approximate surface area is 154 Å². The predicted molar refractivity (Wildman–Crippen MR) is 99.6 cm³/mol. The number of nitrogens with one attached hydrogen (secondary N) is 2. The van der Waals surface area contributed by atoms with Gasteiger partial charge in [0, 0.05) is 44.3 Å². The van der Waals surface area contributed by atoms with Crippen molar-refractivity contribution in [2.24, 2.45) is 0 Å². The summed E-state index contributed by atoms with van der Waals surface area (Å²) in [4.78, 5) is 31.5. The monoisotopic (exact) mass is 363 g/mol. The summed E-state index contributed by atoms with van der Waals surface area (Å²) >= 11 is 0. The van der Waals surface area contributed by atoms with E-state index < -0.39 is 11.7 Å². The molecule has 2 rings (SSSR count). The van der Waals surface area contributed by atoms with E-state index in [2.05, 4.69) is 20.7 Å². The molecule has 0 aromatic carbocycles. The summed E-state index contributed by atoms with van der Waals surface area (Å²) in [5.41, 5.74) is 6.34. The van der Waals surface area contributed by atoms with Crippen LogP contribution < -0.4 is 15.8 Å². The van der Waals surface area contributed by atoms with Crippen molar-refractivity contribution < 1.29 is 14.3 Å². The molecule has 0 bridgehead atoms. The number of pyridine rings is 1. The van der Waals surface area contributed by atoms with Crippen molar-refractivity contribution in [3.8, 4) is 0 Å². The number of piperidine rings is 1. The second-order valence-electron chi connectivity index (χ2n) is 7.50. The van der Waals surface area contributed by atoms with E-state index in [4.69, 9.17) is 4.74 Å². The maximum Gasteiger partial charge on any atom is 0.410 e. The van der Waals surface area contributed by atoms with Crippen LogP contribution in [0.2, 0.25) is 0 Å². The molecule has 8 heteroatoms. The number of amides is 2. The lowest BCUT2D eigenvalue weighted by atomic mass is 10.1. The van der Waals surface area contributed by atoms with Gasteiger partial charge in [0.15, 0.2) is 0 Å². The number of hydrogen-bond acceptors (Lipinski definition) is 6. The first-order valence-electron chi connectivity index (χ1n) is 8.88. The summed E-state index contributed by atoms with van der Waals surface area (Å²) < 4.78 is 5.23. The summed E-state index contributed by atoms with van der Waals surface area (Å²) in [5, 5.41) is 0. The van der Waals surface area contributed by atoms with Crippen molar-refractivity contribution in [3.05, 3.63) is 24.5 Å². The van der Waals surface area contributed by atoms with Crippen molar-refractivity contribution in [3.63, 3.8) is 0 Å². The number of carbonyl (C=O) groups excluding carboxylic acids is 2. The number of carbonyl (C=O) groups is 2. The molecule has 0 radical (unpaired) electrons. The van der Waals surface area contributed by atoms with Gasteiger partial charge in [-0.15, -0.1) is 0 Å². The van der Waals surface area contributed by atoms with E-state index in [1.807, 2.05) is 12.1 Å². The number of rotatable bonds is 5. The summed E-state index contributed by atoms with van der Waals surface area (Å²) in [6.07, 6.45) is 4.91. The lowest BCUT2D eigenvalue weighted by Gasteiger charge is -2.34. The maximum absolute atomic E-state index is 12.0. The molecule has 26 heavy (non-hydrogen) atoms. The van der Waals surface area contributed by atoms with Crippen LogP contribution in [0.5, 0.6) is 0 Å². The third-order valence-electron chi connectivity index (χ3n) is 4.02. The predicted octanol–water partition coefficient (Wildman–Crippen LogP) is 1.54. The Bertz CT molecular complexity index is 595. The van der Waals surface area contributed by atoms with Crippen LogP contribution in [-0.2, 0) is 9.53 Å². The summed E-state index contributed by atoms with van der Waals surface area (Å²) in [6, 6.07) is 4.22. The van der Waals surface area contributed by atoms with Crippen LogP contribution in [0.3, 0.4) is 0 Å². The molecule has 8 nitrogen and oxygen atoms in total. The van der Waals surface area contributed by atoms with Gasteiger partial charge in [-0.1, -0.05) is 0 Å². The molecule has 144 valence electrons. The Morgan fingerprint density at radius 2 is 1.88 bits per heavy atom. The first-order chi connectivity index (χ1) is 12.2. The number of nitrogens with zero attached hydrogens (tertiary/aromatic N) is 3. The zero-order valence-corrected chi connectivity index (χ0v) is 16.0. The highest BCUT2D eigenvalue weighted by atomic mass is 16.6. The van der Waals surface area contributed by atoms with E-state index in [-0.39, 0.29) is 18.5 Å². The highest BCUT2D eigenvalue weighted by Crippen LogP contribution is 2.18. The Morgan fingerprint density at radius 3 is 2.46 bits per heavy atom. The number of anilines is 1. The third-order valence-corrected chi connectivity index (χ3v) is 4.02. The topological polar surface area (TPSA) is 86.8 Å². The van der Waals surface area contributed by atoms with E-state index in [0.29, 0.717) is 0 Å². The van der Waals surface area contributed by atoms with E-state index in [1.165, 1.54) is 10.6 Å². The lowest BCUT2D eigenvalue weighted by molar-refractivity contribution is -0.123. The van der Waals surface area contributed by atoms with Crippen LogP contribution in [-0.4, -0.2) is 60.2 Å². The van der Waals surface area contributed by atoms with Gasteiger partial charge in [0.25, 0.3) is 5.91 Å². The molecule has 0 aliphatic carbocycles. The molecular weight excluding hydrogens is 334 g/mol. The van der Waals surface area contributed by atoms with Crippen molar-refractivity contribution in [2.45, 2.75) is 45.3 Å². The van der Waals surface area contributed by atoms with Gasteiger partial charge in [0.1, 0.15) is 12.1 Å². The number of hydrogen-bond donors (Lipinski definition) is 2. The van der Waals surface area contributed by atoms with Crippen LogP contribution in [0.1, 0.15) is 33.6 Å². The summed E-state index contributed by atoms with van der Waals surface area (Å²) in [6.45, 7) is 7.14. The van der Waals surface area contributed by atoms with Gasteiger partial charge in [-0.05, 0) is 45.7 Å². The van der Waals surface area contributed by atoms with Gasteiger partial charge in [-0.3, -0.25) is 15.2 Å². The summed E-state index contributed by atoms with van der Waals surface area (Å²) in [5.74, 6) is -0.269. The molecular formula is C18H29N5O3. The highest BCUT2D eigenvalue weighted by molar-refractivity contribution is 5.81. The summed E-state index contributed by atoms with van der Waals surface area (Å²) in [7, 11) is 1.54. The number of aromatic nitrogens is 1. The van der Waals surface area contributed by atoms with E-state index in [1.54, 1.807) is 40.2 Å². The van der Waals surface area contributed by atoms with Gasteiger partial charge in [0.05, 0.1) is 0 Å². The zero-order chi connectivity index (χ0) is 19.2. The Morgan fingerprint density at radius 1 is 1.27 bits per heavy atom. The van der Waals surface area contributed by atoms with Crippen LogP contribution in [0.15, 0.2) is 24.5 Å². The minimum atomic E-state index is -0.580. The third kappa shape index (κ3) is 6.51. The van der Waals surface area contributed by atoms with Gasteiger partial charge < -0.3 is 14.5 Å². The largest absolute Gasteiger partial charge is 0.444 e. The molecule has 1 aliphatic heterocycles. The van der Waals surface area contributed by atoms with Crippen LogP contribution in [0, 0.1) is 0 Å². The van der Waals surface area contributed by atoms with Crippen molar-refractivity contribution in [1.29, 1.82) is 0 Å². The average molecular weight is 363 g/mol. The van der Waals surface area contributed by atoms with E-state index in [0.717, 1.165) is 25.9 Å². The lowest BCUT2D eigenvalue weighted by Crippen LogP contribution is -2.52. The minimum Gasteiger partial charge on any atom is -0.444 e. The Kier molecular flexibility index (Phi) is 6.79. The minimum absolute atomic E-state index is 0.0578. The molecule has 2 heterocycles. The number of hydrazine groups is 1. The molecule has 0 saturated carbocycles. The molecule has 1 aromatic rings. The van der Waals surface area contributed by atoms with Crippen molar-refractivity contribution in [2.75, 3.05) is 31.6 Å². The van der Waals surface area contributed by atoms with Gasteiger partial charge in [-0.25, -0.2) is 10.2 Å². The van der Waals surface area contributed by atoms with Gasteiger partial charge in [0.2, 0.25) is 0 Å². The normalized spacial score (nSPS) is 15.5. The van der Waals surface area contributed by atoms with E-state index in [9.17, 15) is 9.59 Å². The molecule has 0 atom stereocenters. The Balaban J connectivity index is 1.68. The fourth-order valence-corrected chi connectivity index (χ4v) is 2.68. The second-order valence-corrected chi connectivity index (χ2v) is 7.50. The van der Waals surface area contributed by atoms with Crippen molar-refractivity contribution >= 4 is 17.7 Å². The molecule has 2 N–H and O–H groups in total. The van der Waals surface area contributed by atoms with Crippen LogP contribution in [0.25, 0.3) is 0 Å². The molecule has 1 fully saturated rings. The van der Waals surface area contributed by atoms with Crippen LogP contribution in [0.4, 0.5) is 10.5 Å².